The Balaban J connectivity index is 1.91. The minimum Gasteiger partial charge on any atom is -0.303 e. The number of aromatic nitrogens is 1. The van der Waals surface area contributed by atoms with Crippen molar-refractivity contribution in [3.05, 3.63) is 16.6 Å². The van der Waals surface area contributed by atoms with E-state index in [2.05, 4.69) is 9.51 Å². The van der Waals surface area contributed by atoms with Crippen LogP contribution in [0.15, 0.2) is 11.6 Å². The smallest absolute Gasteiger partial charge is 0.303 e. The molecule has 0 saturated carbocycles. The summed E-state index contributed by atoms with van der Waals surface area (Å²) >= 11 is 1.66. The first-order valence-corrected chi connectivity index (χ1v) is 7.57. The molecule has 0 radical (unpaired) electrons. The van der Waals surface area contributed by atoms with E-state index in [0.717, 1.165) is 30.7 Å². The van der Waals surface area contributed by atoms with Crippen molar-refractivity contribution in [2.45, 2.75) is 32.1 Å². The number of thiazole rings is 1. The van der Waals surface area contributed by atoms with Gasteiger partial charge in [0.1, 0.15) is 0 Å². The van der Waals surface area contributed by atoms with Crippen molar-refractivity contribution in [3.63, 3.8) is 0 Å². The van der Waals surface area contributed by atoms with Gasteiger partial charge in [-0.2, -0.15) is 0 Å². The third-order valence-electron chi connectivity index (χ3n) is 2.03. The maximum atomic E-state index is 10.3. The van der Waals surface area contributed by atoms with Crippen molar-refractivity contribution < 1.29 is 18.9 Å². The summed E-state index contributed by atoms with van der Waals surface area (Å²) in [5, 5.41) is 3.11. The van der Waals surface area contributed by atoms with Crippen LogP contribution >= 0.6 is 19.2 Å². The summed E-state index contributed by atoms with van der Waals surface area (Å²) in [4.78, 5) is 21.0. The lowest BCUT2D eigenvalue weighted by atomic mass is 10.1. The number of hydrogen-bond donors (Lipinski definition) is 2. The van der Waals surface area contributed by atoms with Gasteiger partial charge >= 0.3 is 7.82 Å². The highest BCUT2D eigenvalue weighted by Gasteiger charge is 2.12. The predicted octanol–water partition coefficient (Wildman–Crippen LogP) is 2.36. The van der Waals surface area contributed by atoms with Crippen molar-refractivity contribution in [3.8, 4) is 0 Å². The Bertz CT molecular complexity index is 324. The van der Waals surface area contributed by atoms with E-state index in [1.165, 1.54) is 0 Å². The first kappa shape index (κ1) is 13.8. The lowest BCUT2D eigenvalue weighted by Crippen LogP contribution is -1.92. The molecule has 1 heterocycles. The lowest BCUT2D eigenvalue weighted by molar-refractivity contribution is 0.193. The molecule has 5 nitrogen and oxygen atoms in total. The number of hydrogen-bond acceptors (Lipinski definition) is 4. The average molecular weight is 265 g/mol. The molecule has 2 N–H and O–H groups in total. The molecule has 0 aliphatic rings. The molecule has 0 bridgehead atoms. The van der Waals surface area contributed by atoms with Crippen molar-refractivity contribution in [1.29, 1.82) is 0 Å². The molecule has 0 saturated heterocycles. The molecule has 0 spiro atoms. The summed E-state index contributed by atoms with van der Waals surface area (Å²) in [6.45, 7) is 0.127. The van der Waals surface area contributed by atoms with Crippen LogP contribution in [-0.4, -0.2) is 21.4 Å². The van der Waals surface area contributed by atoms with Gasteiger partial charge in [0.2, 0.25) is 0 Å². The molecule has 0 unspecified atom stereocenters. The lowest BCUT2D eigenvalue weighted by Gasteiger charge is -2.04. The van der Waals surface area contributed by atoms with E-state index in [9.17, 15) is 4.57 Å². The van der Waals surface area contributed by atoms with Gasteiger partial charge in [-0.1, -0.05) is 12.8 Å². The van der Waals surface area contributed by atoms with Crippen molar-refractivity contribution in [2.75, 3.05) is 6.61 Å². The molecule has 92 valence electrons. The van der Waals surface area contributed by atoms with E-state index in [1.807, 2.05) is 5.38 Å². The fourth-order valence-electron chi connectivity index (χ4n) is 1.29. The standard InChI is InChI=1S/C9H16NO4PS/c11-15(12,13)14-7-4-2-1-3-5-9-10-6-8-16-9/h6,8H,1-5,7H2,(H2,11,12,13). The third-order valence-corrected chi connectivity index (χ3v) is 3.39. The van der Waals surface area contributed by atoms with E-state index < -0.39 is 7.82 Å². The highest BCUT2D eigenvalue weighted by atomic mass is 32.1. The zero-order valence-electron chi connectivity index (χ0n) is 8.91. The van der Waals surface area contributed by atoms with Crippen LogP contribution < -0.4 is 0 Å². The van der Waals surface area contributed by atoms with Crippen molar-refractivity contribution >= 4 is 19.2 Å². The molecule has 7 heteroatoms. The minimum atomic E-state index is -4.27. The minimum absolute atomic E-state index is 0.127. The van der Waals surface area contributed by atoms with Crippen LogP contribution in [0.2, 0.25) is 0 Å². The zero-order chi connectivity index (χ0) is 11.9. The van der Waals surface area contributed by atoms with Crippen LogP contribution in [0.5, 0.6) is 0 Å². The molecular weight excluding hydrogens is 249 g/mol. The van der Waals surface area contributed by atoms with E-state index >= 15 is 0 Å². The Hall–Kier alpha value is -0.260. The van der Waals surface area contributed by atoms with Gasteiger partial charge in [0, 0.05) is 11.6 Å². The van der Waals surface area contributed by atoms with Gasteiger partial charge in [-0.15, -0.1) is 11.3 Å². The molecule has 0 fully saturated rings. The highest BCUT2D eigenvalue weighted by molar-refractivity contribution is 7.46. The SMILES string of the molecule is O=P(O)(O)OCCCCCCc1nccs1. The zero-order valence-corrected chi connectivity index (χ0v) is 10.6. The molecular formula is C9H16NO4PS. The average Bonchev–Trinajstić information content (AvgIpc) is 2.67. The predicted molar refractivity (Wildman–Crippen MR) is 62.3 cm³/mol. The van der Waals surface area contributed by atoms with Crippen LogP contribution in [0, 0.1) is 0 Å². The summed E-state index contributed by atoms with van der Waals surface area (Å²) in [5.74, 6) is 0. The summed E-state index contributed by atoms with van der Waals surface area (Å²) in [6, 6.07) is 0. The number of phosphoric ester groups is 1. The summed E-state index contributed by atoms with van der Waals surface area (Å²) in [6.07, 6.45) is 6.48. The number of rotatable bonds is 8. The quantitative estimate of drug-likeness (QED) is 0.557. The Morgan fingerprint density at radius 2 is 2.06 bits per heavy atom. The van der Waals surface area contributed by atoms with Crippen LogP contribution in [0.3, 0.4) is 0 Å². The first-order chi connectivity index (χ1) is 7.58. The van der Waals surface area contributed by atoms with Crippen LogP contribution in [0.4, 0.5) is 0 Å². The first-order valence-electron chi connectivity index (χ1n) is 5.16. The van der Waals surface area contributed by atoms with Gasteiger partial charge in [0.25, 0.3) is 0 Å². The Morgan fingerprint density at radius 1 is 1.31 bits per heavy atom. The molecule has 1 aromatic heterocycles. The second kappa shape index (κ2) is 7.14. The number of nitrogens with zero attached hydrogens (tertiary/aromatic N) is 1. The van der Waals surface area contributed by atoms with Crippen molar-refractivity contribution in [1.82, 2.24) is 4.98 Å². The van der Waals surface area contributed by atoms with E-state index in [4.69, 9.17) is 9.79 Å². The molecule has 16 heavy (non-hydrogen) atoms. The third kappa shape index (κ3) is 7.09. The van der Waals surface area contributed by atoms with Gasteiger partial charge < -0.3 is 9.79 Å². The normalized spacial score (nSPS) is 11.9. The molecule has 0 aromatic carbocycles. The summed E-state index contributed by atoms with van der Waals surface area (Å²) < 4.78 is 14.7. The van der Waals surface area contributed by atoms with Crippen LogP contribution in [0.25, 0.3) is 0 Å². The van der Waals surface area contributed by atoms with Gasteiger partial charge in [-0.05, 0) is 19.3 Å². The Labute approximate surface area is 98.7 Å². The molecule has 0 atom stereocenters. The largest absolute Gasteiger partial charge is 0.469 e. The number of unbranched alkanes of at least 4 members (excludes halogenated alkanes) is 3. The topological polar surface area (TPSA) is 79.7 Å². The fraction of sp³-hybridized carbons (Fsp3) is 0.667. The Morgan fingerprint density at radius 3 is 2.69 bits per heavy atom. The Kier molecular flexibility index (Phi) is 6.16. The monoisotopic (exact) mass is 265 g/mol. The molecule has 0 amide bonds. The number of aryl methyl sites for hydroxylation is 1. The molecule has 0 aliphatic carbocycles. The molecule has 1 aromatic rings. The molecule has 1 rings (SSSR count). The fourth-order valence-corrected chi connectivity index (χ4v) is 2.32. The van der Waals surface area contributed by atoms with Crippen molar-refractivity contribution in [2.24, 2.45) is 0 Å². The maximum Gasteiger partial charge on any atom is 0.469 e. The number of phosphoric acid groups is 1. The maximum absolute atomic E-state index is 10.3. The van der Waals surface area contributed by atoms with E-state index in [0.29, 0.717) is 6.42 Å². The van der Waals surface area contributed by atoms with Gasteiger partial charge in [0.15, 0.2) is 0 Å². The summed E-state index contributed by atoms with van der Waals surface area (Å²) in [7, 11) is -4.27. The molecule has 0 aliphatic heterocycles. The van der Waals surface area contributed by atoms with Gasteiger partial charge in [-0.3, -0.25) is 4.52 Å². The summed E-state index contributed by atoms with van der Waals surface area (Å²) in [5.41, 5.74) is 0. The van der Waals surface area contributed by atoms with Crippen LogP contribution in [0.1, 0.15) is 30.7 Å². The second-order valence-electron chi connectivity index (χ2n) is 3.41. The van der Waals surface area contributed by atoms with E-state index in [-0.39, 0.29) is 6.61 Å². The van der Waals surface area contributed by atoms with Gasteiger partial charge in [0.05, 0.1) is 11.6 Å². The van der Waals surface area contributed by atoms with E-state index in [1.54, 1.807) is 17.5 Å². The second-order valence-corrected chi connectivity index (χ2v) is 5.63. The van der Waals surface area contributed by atoms with Gasteiger partial charge in [-0.25, -0.2) is 9.55 Å². The van der Waals surface area contributed by atoms with Crippen LogP contribution in [-0.2, 0) is 15.5 Å². The highest BCUT2D eigenvalue weighted by Crippen LogP contribution is 2.35.